The minimum absolute atomic E-state index is 0.0874. The van der Waals surface area contributed by atoms with E-state index in [4.69, 9.17) is 0 Å². The number of para-hydroxylation sites is 2. The summed E-state index contributed by atoms with van der Waals surface area (Å²) >= 11 is 3.77. The smallest absolute Gasteiger partial charge is 0.263 e. The van der Waals surface area contributed by atoms with Gasteiger partial charge in [-0.05, 0) is 43.2 Å². The number of hydrogen-bond donors (Lipinski definition) is 0. The first-order valence-corrected chi connectivity index (χ1v) is 20.1. The third-order valence-corrected chi connectivity index (χ3v) is 12.3. The SMILES string of the molecule is CC(C)(C)[B-](c1ccccc1)(c1ccccc1)c1ccccc1.CCCN1/C(=C/C(C)=C/c2sc3ccccc3[n+]2CCC)Sc2ccccc21. The van der Waals surface area contributed by atoms with E-state index in [1.54, 1.807) is 0 Å². The zero-order valence-corrected chi connectivity index (χ0v) is 32.7. The summed E-state index contributed by atoms with van der Waals surface area (Å²) in [6.45, 7) is 15.9. The molecule has 1 aromatic heterocycles. The van der Waals surface area contributed by atoms with Crippen molar-refractivity contribution >= 4 is 67.6 Å². The lowest BCUT2D eigenvalue weighted by molar-refractivity contribution is -0.668. The minimum atomic E-state index is -1.06. The van der Waals surface area contributed by atoms with Gasteiger partial charge in [-0.15, -0.1) is 5.31 Å². The van der Waals surface area contributed by atoms with E-state index < -0.39 is 6.15 Å². The van der Waals surface area contributed by atoms with Crippen molar-refractivity contribution in [3.63, 3.8) is 0 Å². The number of thioether (sulfide) groups is 1. The fraction of sp³-hybridized carbons (Fsp3) is 0.239. The molecule has 2 nitrogen and oxygen atoms in total. The third kappa shape index (κ3) is 7.66. The van der Waals surface area contributed by atoms with Crippen molar-refractivity contribution in [1.82, 2.24) is 0 Å². The number of aryl methyl sites for hydroxylation is 1. The van der Waals surface area contributed by atoms with Gasteiger partial charge in [0.15, 0.2) is 0 Å². The standard InChI is InChI=1S/C24H27N2S2.C22H24B/c1-4-14-25-19-10-6-8-12-21(19)27-23(25)16-18(3)17-24-26(15-5-2)20-11-7-9-13-22(20)28-24;1-22(2,3)23(19-13-7-4-8-14-19,20-15-9-5-10-16-20)21-17-11-6-12-18-21/h6-13,16-17H,4-5,14-15H2,1-3H3;4-18H,1-3H3/q+1;-1. The van der Waals surface area contributed by atoms with Crippen LogP contribution in [0.3, 0.4) is 0 Å². The minimum Gasteiger partial charge on any atom is -0.335 e. The van der Waals surface area contributed by atoms with Crippen LogP contribution in [-0.2, 0) is 6.54 Å². The Kier molecular flexibility index (Phi) is 11.7. The van der Waals surface area contributed by atoms with E-state index in [0.717, 1.165) is 25.9 Å². The number of aromatic nitrogens is 1. The van der Waals surface area contributed by atoms with Crippen LogP contribution >= 0.6 is 23.1 Å². The fourth-order valence-corrected chi connectivity index (χ4v) is 10.4. The Labute approximate surface area is 314 Å². The molecular formula is C46H51BN2S2. The van der Waals surface area contributed by atoms with Crippen LogP contribution in [0.15, 0.2) is 161 Å². The second-order valence-corrected chi connectivity index (χ2v) is 16.7. The number of thiazole rings is 1. The Hall–Kier alpha value is -4.32. The molecule has 0 unspecified atom stereocenters. The highest BCUT2D eigenvalue weighted by Crippen LogP contribution is 2.46. The lowest BCUT2D eigenvalue weighted by Gasteiger charge is -2.54. The molecule has 0 bridgehead atoms. The lowest BCUT2D eigenvalue weighted by atomic mass is 9.07. The van der Waals surface area contributed by atoms with Crippen LogP contribution in [0.4, 0.5) is 5.69 Å². The number of allylic oxidation sites excluding steroid dienone is 2. The van der Waals surface area contributed by atoms with Crippen molar-refractivity contribution in [2.75, 3.05) is 11.4 Å². The van der Waals surface area contributed by atoms with Crippen molar-refractivity contribution in [2.24, 2.45) is 0 Å². The molecule has 0 atom stereocenters. The predicted molar refractivity (Wildman–Crippen MR) is 228 cm³/mol. The van der Waals surface area contributed by atoms with Crippen molar-refractivity contribution < 1.29 is 4.57 Å². The van der Waals surface area contributed by atoms with Crippen LogP contribution in [0.25, 0.3) is 16.3 Å². The fourth-order valence-electron chi connectivity index (χ4n) is 7.96. The van der Waals surface area contributed by atoms with Gasteiger partial charge >= 0.3 is 0 Å². The topological polar surface area (TPSA) is 7.12 Å². The Bertz CT molecular complexity index is 2000. The Morgan fingerprint density at radius 3 is 1.76 bits per heavy atom. The molecule has 0 N–H and O–H groups in total. The molecule has 5 heteroatoms. The molecule has 5 aromatic carbocycles. The van der Waals surface area contributed by atoms with E-state index >= 15 is 0 Å². The molecule has 2 heterocycles. The summed E-state index contributed by atoms with van der Waals surface area (Å²) in [6.07, 6.45) is 5.92. The highest BCUT2D eigenvalue weighted by atomic mass is 32.2. The average molecular weight is 707 g/mol. The van der Waals surface area contributed by atoms with Gasteiger partial charge in [-0.25, -0.2) is 0 Å². The zero-order valence-electron chi connectivity index (χ0n) is 31.1. The van der Waals surface area contributed by atoms with Gasteiger partial charge < -0.3 is 4.90 Å². The lowest BCUT2D eigenvalue weighted by Crippen LogP contribution is -2.72. The van der Waals surface area contributed by atoms with Crippen molar-refractivity contribution in [1.29, 1.82) is 0 Å². The molecule has 7 rings (SSSR count). The van der Waals surface area contributed by atoms with Crippen LogP contribution < -0.4 is 25.9 Å². The van der Waals surface area contributed by atoms with Crippen molar-refractivity contribution in [2.45, 2.75) is 71.1 Å². The molecule has 0 radical (unpaired) electrons. The summed E-state index contributed by atoms with van der Waals surface area (Å²) in [5, 5.41) is 2.75. The zero-order chi connectivity index (χ0) is 35.8. The Balaban J connectivity index is 0.000000179. The van der Waals surface area contributed by atoms with Crippen molar-refractivity contribution in [3.05, 3.63) is 161 Å². The van der Waals surface area contributed by atoms with Gasteiger partial charge in [-0.3, -0.25) is 0 Å². The molecule has 6 aromatic rings. The first-order valence-electron chi connectivity index (χ1n) is 18.5. The maximum absolute atomic E-state index is 2.46. The summed E-state index contributed by atoms with van der Waals surface area (Å²) < 4.78 is 3.82. The van der Waals surface area contributed by atoms with Crippen molar-refractivity contribution in [3.8, 4) is 0 Å². The monoisotopic (exact) mass is 706 g/mol. The van der Waals surface area contributed by atoms with Crippen LogP contribution in [0, 0.1) is 0 Å². The number of fused-ring (bicyclic) bond motifs is 2. The van der Waals surface area contributed by atoms with Gasteiger partial charge in [0, 0.05) is 30.0 Å². The maximum atomic E-state index is 2.46. The molecule has 0 amide bonds. The normalized spacial score (nSPS) is 14.0. The van der Waals surface area contributed by atoms with Crippen LogP contribution in [0.5, 0.6) is 0 Å². The molecule has 260 valence electrons. The van der Waals surface area contributed by atoms with E-state index in [2.05, 4.69) is 203 Å². The molecule has 0 spiro atoms. The number of anilines is 1. The van der Waals surface area contributed by atoms with Gasteiger partial charge in [-0.2, -0.15) is 21.0 Å². The largest absolute Gasteiger partial charge is 0.335 e. The highest BCUT2D eigenvalue weighted by Gasteiger charge is 2.39. The van der Waals surface area contributed by atoms with E-state index in [1.165, 1.54) is 52.8 Å². The second-order valence-electron chi connectivity index (χ2n) is 14.6. The summed E-state index contributed by atoms with van der Waals surface area (Å²) in [5.41, 5.74) is 8.19. The van der Waals surface area contributed by atoms with Crippen LogP contribution in [-0.4, -0.2) is 12.7 Å². The predicted octanol–water partition coefficient (Wildman–Crippen LogP) is 10.8. The van der Waals surface area contributed by atoms with Gasteiger partial charge in [0.25, 0.3) is 5.01 Å². The summed E-state index contributed by atoms with van der Waals surface area (Å²) in [7, 11) is 0. The molecule has 1 aliphatic heterocycles. The Morgan fingerprint density at radius 1 is 0.686 bits per heavy atom. The van der Waals surface area contributed by atoms with Gasteiger partial charge in [0.05, 0.1) is 16.9 Å². The number of benzene rings is 5. The molecule has 0 saturated carbocycles. The first kappa shape index (κ1) is 36.5. The maximum Gasteiger partial charge on any atom is 0.263 e. The van der Waals surface area contributed by atoms with E-state index in [1.807, 2.05) is 23.1 Å². The van der Waals surface area contributed by atoms with E-state index in [0.29, 0.717) is 0 Å². The molecule has 0 aliphatic carbocycles. The second kappa shape index (κ2) is 16.4. The number of nitrogens with zero attached hydrogens (tertiary/aromatic N) is 2. The van der Waals surface area contributed by atoms with Gasteiger partial charge in [0.1, 0.15) is 11.2 Å². The summed E-state index contributed by atoms with van der Waals surface area (Å²) in [5.74, 6) is 0. The summed E-state index contributed by atoms with van der Waals surface area (Å²) in [4.78, 5) is 3.82. The third-order valence-electron chi connectivity index (χ3n) is 10.1. The van der Waals surface area contributed by atoms with Crippen LogP contribution in [0.2, 0.25) is 5.31 Å². The number of hydrogen-bond acceptors (Lipinski definition) is 3. The average Bonchev–Trinajstić information content (AvgIpc) is 3.66. The molecule has 0 saturated heterocycles. The Morgan fingerprint density at radius 2 is 1.22 bits per heavy atom. The highest BCUT2D eigenvalue weighted by molar-refractivity contribution is 8.03. The molecule has 51 heavy (non-hydrogen) atoms. The van der Waals surface area contributed by atoms with Gasteiger partial charge in [0.2, 0.25) is 5.52 Å². The van der Waals surface area contributed by atoms with Gasteiger partial charge in [-0.1, -0.05) is 173 Å². The van der Waals surface area contributed by atoms with E-state index in [9.17, 15) is 0 Å². The summed E-state index contributed by atoms with van der Waals surface area (Å²) in [6, 6.07) is 50.4. The molecular weight excluding hydrogens is 655 g/mol. The van der Waals surface area contributed by atoms with Crippen LogP contribution in [0.1, 0.15) is 59.4 Å². The quantitative estimate of drug-likeness (QED) is 0.109. The number of rotatable bonds is 9. The molecule has 1 aliphatic rings. The first-order chi connectivity index (χ1) is 24.8. The molecule has 0 fully saturated rings. The van der Waals surface area contributed by atoms with E-state index in [-0.39, 0.29) is 5.31 Å².